The van der Waals surface area contributed by atoms with Gasteiger partial charge in [-0.3, -0.25) is 10.1 Å². The van der Waals surface area contributed by atoms with Gasteiger partial charge in [-0.05, 0) is 18.4 Å². The van der Waals surface area contributed by atoms with E-state index >= 15 is 0 Å². The van der Waals surface area contributed by atoms with Crippen molar-refractivity contribution in [3.8, 4) is 0 Å². The summed E-state index contributed by atoms with van der Waals surface area (Å²) >= 11 is 0. The van der Waals surface area contributed by atoms with Crippen LogP contribution in [0.15, 0.2) is 12.7 Å². The third-order valence-electron chi connectivity index (χ3n) is 3.68. The van der Waals surface area contributed by atoms with E-state index in [2.05, 4.69) is 13.5 Å². The molecule has 4 heteroatoms. The summed E-state index contributed by atoms with van der Waals surface area (Å²) in [5, 5.41) is 10.8. The minimum atomic E-state index is -0.617. The van der Waals surface area contributed by atoms with Crippen LogP contribution in [0.4, 0.5) is 0 Å². The number of nitrogens with zero attached hydrogens (tertiary/aromatic N) is 1. The number of rotatable bonds is 11. The van der Waals surface area contributed by atoms with Gasteiger partial charge in [-0.2, -0.15) is 0 Å². The minimum Gasteiger partial charge on any atom is -0.385 e. The molecule has 0 saturated heterocycles. The van der Waals surface area contributed by atoms with Crippen molar-refractivity contribution in [3.63, 3.8) is 0 Å². The summed E-state index contributed by atoms with van der Waals surface area (Å²) in [5.74, 6) is 0.414. The predicted octanol–water partition coefficient (Wildman–Crippen LogP) is 3.69. The molecule has 0 aliphatic carbocycles. The standard InChI is InChI=1S/C14H27NO3/c1-5-14(15(16)17)13(3)12(2)10-8-6-7-9-11-18-4/h5,12-14H,1,6-11H2,2-4H3/t12-,13-,14?/m1/s1. The van der Waals surface area contributed by atoms with E-state index in [9.17, 15) is 10.1 Å². The summed E-state index contributed by atoms with van der Waals surface area (Å²) in [4.78, 5) is 10.6. The number of hydrogen-bond donors (Lipinski definition) is 0. The first kappa shape index (κ1) is 17.1. The molecular formula is C14H27NO3. The van der Waals surface area contributed by atoms with Crippen molar-refractivity contribution in [3.05, 3.63) is 22.8 Å². The van der Waals surface area contributed by atoms with Crippen molar-refractivity contribution in [2.45, 2.75) is 52.0 Å². The molecule has 0 heterocycles. The van der Waals surface area contributed by atoms with Crippen LogP contribution in [0, 0.1) is 22.0 Å². The molecule has 0 aromatic rings. The SMILES string of the molecule is C=CC([C@H](C)[C@H](C)CCCCCCOC)[N+](=O)[O-]. The summed E-state index contributed by atoms with van der Waals surface area (Å²) in [6.45, 7) is 8.43. The highest BCUT2D eigenvalue weighted by molar-refractivity contribution is 4.85. The van der Waals surface area contributed by atoms with Gasteiger partial charge in [0.05, 0.1) is 0 Å². The maximum atomic E-state index is 10.8. The molecule has 3 atom stereocenters. The van der Waals surface area contributed by atoms with E-state index in [0.29, 0.717) is 5.92 Å². The van der Waals surface area contributed by atoms with Crippen molar-refractivity contribution in [1.82, 2.24) is 0 Å². The van der Waals surface area contributed by atoms with Crippen molar-refractivity contribution in [2.24, 2.45) is 11.8 Å². The lowest BCUT2D eigenvalue weighted by molar-refractivity contribution is -0.519. The Morgan fingerprint density at radius 2 is 1.89 bits per heavy atom. The van der Waals surface area contributed by atoms with E-state index in [4.69, 9.17) is 4.74 Å². The molecule has 0 saturated carbocycles. The molecule has 0 bridgehead atoms. The van der Waals surface area contributed by atoms with Crippen molar-refractivity contribution in [2.75, 3.05) is 13.7 Å². The Labute approximate surface area is 111 Å². The molecule has 0 N–H and O–H groups in total. The maximum Gasteiger partial charge on any atom is 0.233 e. The normalized spacial score (nSPS) is 15.9. The fourth-order valence-electron chi connectivity index (χ4n) is 2.16. The number of methoxy groups -OCH3 is 1. The zero-order chi connectivity index (χ0) is 14.0. The van der Waals surface area contributed by atoms with E-state index in [-0.39, 0.29) is 10.8 Å². The van der Waals surface area contributed by atoms with Gasteiger partial charge in [-0.15, -0.1) is 0 Å². The van der Waals surface area contributed by atoms with Crippen LogP contribution in [0.3, 0.4) is 0 Å². The van der Waals surface area contributed by atoms with E-state index in [1.807, 2.05) is 6.92 Å². The molecule has 0 aliphatic heterocycles. The molecule has 0 rings (SSSR count). The van der Waals surface area contributed by atoms with Gasteiger partial charge in [0.25, 0.3) is 0 Å². The maximum absolute atomic E-state index is 10.8. The van der Waals surface area contributed by atoms with E-state index in [0.717, 1.165) is 25.9 Å². The molecule has 0 radical (unpaired) electrons. The molecule has 0 aromatic carbocycles. The van der Waals surface area contributed by atoms with Crippen LogP contribution in [0.25, 0.3) is 0 Å². The summed E-state index contributed by atoms with van der Waals surface area (Å²) in [6, 6.07) is -0.617. The largest absolute Gasteiger partial charge is 0.385 e. The van der Waals surface area contributed by atoms with Gasteiger partial charge in [-0.1, -0.05) is 46.1 Å². The van der Waals surface area contributed by atoms with Gasteiger partial charge in [-0.25, -0.2) is 0 Å². The molecule has 0 spiro atoms. The van der Waals surface area contributed by atoms with E-state index < -0.39 is 6.04 Å². The second-order valence-corrected chi connectivity index (χ2v) is 5.04. The lowest BCUT2D eigenvalue weighted by atomic mass is 9.85. The monoisotopic (exact) mass is 257 g/mol. The van der Waals surface area contributed by atoms with Crippen LogP contribution in [-0.4, -0.2) is 24.7 Å². The topological polar surface area (TPSA) is 52.4 Å². The third-order valence-corrected chi connectivity index (χ3v) is 3.68. The molecule has 1 unspecified atom stereocenters. The zero-order valence-corrected chi connectivity index (χ0v) is 11.9. The van der Waals surface area contributed by atoms with E-state index in [1.54, 1.807) is 7.11 Å². The Morgan fingerprint density at radius 1 is 1.28 bits per heavy atom. The van der Waals surface area contributed by atoms with Crippen molar-refractivity contribution in [1.29, 1.82) is 0 Å². The van der Waals surface area contributed by atoms with Crippen LogP contribution in [-0.2, 0) is 4.74 Å². The summed E-state index contributed by atoms with van der Waals surface area (Å²) in [7, 11) is 1.72. The van der Waals surface area contributed by atoms with Crippen LogP contribution in [0.5, 0.6) is 0 Å². The average molecular weight is 257 g/mol. The van der Waals surface area contributed by atoms with Crippen molar-refractivity contribution >= 4 is 0 Å². The highest BCUT2D eigenvalue weighted by atomic mass is 16.6. The van der Waals surface area contributed by atoms with Gasteiger partial charge < -0.3 is 4.74 Å². The summed E-state index contributed by atoms with van der Waals surface area (Å²) < 4.78 is 4.99. The lowest BCUT2D eigenvalue weighted by Crippen LogP contribution is -2.29. The highest BCUT2D eigenvalue weighted by Gasteiger charge is 2.28. The molecule has 0 aliphatic rings. The van der Waals surface area contributed by atoms with E-state index in [1.165, 1.54) is 18.9 Å². The predicted molar refractivity (Wildman–Crippen MR) is 74.3 cm³/mol. The highest BCUT2D eigenvalue weighted by Crippen LogP contribution is 2.23. The summed E-state index contributed by atoms with van der Waals surface area (Å²) in [5.41, 5.74) is 0. The van der Waals surface area contributed by atoms with Gasteiger partial charge in [0.2, 0.25) is 6.04 Å². The smallest absolute Gasteiger partial charge is 0.233 e. The zero-order valence-electron chi connectivity index (χ0n) is 11.9. The Bertz CT molecular complexity index is 243. The first-order valence-corrected chi connectivity index (χ1v) is 6.79. The first-order chi connectivity index (χ1) is 8.54. The third kappa shape index (κ3) is 6.74. The lowest BCUT2D eigenvalue weighted by Gasteiger charge is -2.21. The van der Waals surface area contributed by atoms with Crippen LogP contribution >= 0.6 is 0 Å². The molecular weight excluding hydrogens is 230 g/mol. The Hall–Kier alpha value is -0.900. The number of unbranched alkanes of at least 4 members (excludes halogenated alkanes) is 3. The fraction of sp³-hybridized carbons (Fsp3) is 0.857. The minimum absolute atomic E-state index is 0.0523. The van der Waals surface area contributed by atoms with Crippen LogP contribution < -0.4 is 0 Å². The van der Waals surface area contributed by atoms with Gasteiger partial charge in [0.15, 0.2) is 0 Å². The Balaban J connectivity index is 3.83. The Kier molecular flexibility index (Phi) is 9.56. The second kappa shape index (κ2) is 10.1. The average Bonchev–Trinajstić information content (AvgIpc) is 2.33. The molecule has 18 heavy (non-hydrogen) atoms. The number of ether oxygens (including phenoxy) is 1. The van der Waals surface area contributed by atoms with Crippen molar-refractivity contribution < 1.29 is 9.66 Å². The molecule has 0 fully saturated rings. The number of hydrogen-bond acceptors (Lipinski definition) is 3. The Morgan fingerprint density at radius 3 is 2.39 bits per heavy atom. The van der Waals surface area contributed by atoms with Gasteiger partial charge >= 0.3 is 0 Å². The van der Waals surface area contributed by atoms with Gasteiger partial charge in [0.1, 0.15) is 0 Å². The fourth-order valence-corrected chi connectivity index (χ4v) is 2.16. The number of nitro groups is 1. The second-order valence-electron chi connectivity index (χ2n) is 5.04. The first-order valence-electron chi connectivity index (χ1n) is 6.79. The van der Waals surface area contributed by atoms with Crippen LogP contribution in [0.2, 0.25) is 0 Å². The molecule has 0 aromatic heterocycles. The molecule has 4 nitrogen and oxygen atoms in total. The van der Waals surface area contributed by atoms with Crippen LogP contribution in [0.1, 0.15) is 46.0 Å². The van der Waals surface area contributed by atoms with Gasteiger partial charge in [0, 0.05) is 24.6 Å². The molecule has 0 amide bonds. The quantitative estimate of drug-likeness (QED) is 0.245. The molecule has 106 valence electrons. The summed E-state index contributed by atoms with van der Waals surface area (Å²) in [6.07, 6.45) is 7.10.